The van der Waals surface area contributed by atoms with Crippen LogP contribution >= 0.6 is 0 Å². The summed E-state index contributed by atoms with van der Waals surface area (Å²) >= 11 is 0. The average Bonchev–Trinajstić information content (AvgIpc) is 3.12. The Bertz CT molecular complexity index is 1140. The molecule has 0 aliphatic heterocycles. The summed E-state index contributed by atoms with van der Waals surface area (Å²) in [5, 5.41) is 28.7. The number of carbonyl (C=O) groups is 3. The van der Waals surface area contributed by atoms with E-state index in [2.05, 4.69) is 24.1 Å². The fourth-order valence-corrected chi connectivity index (χ4v) is 8.48. The molecular weight excluding hydrogens is 527 g/mol. The van der Waals surface area contributed by atoms with Crippen molar-refractivity contribution >= 4 is 17.8 Å². The predicted molar refractivity (Wildman–Crippen MR) is 153 cm³/mol. The number of ether oxygens (including phenoxy) is 1. The van der Waals surface area contributed by atoms with Crippen LogP contribution in [0.1, 0.15) is 79.1 Å². The second-order valence-electron chi connectivity index (χ2n) is 13.1. The zero-order valence-electron chi connectivity index (χ0n) is 24.9. The van der Waals surface area contributed by atoms with Gasteiger partial charge in [0.2, 0.25) is 11.7 Å². The number of alkyl carbamates (subject to hydrolysis) is 1. The van der Waals surface area contributed by atoms with Crippen molar-refractivity contribution in [2.45, 2.75) is 96.4 Å². The van der Waals surface area contributed by atoms with Gasteiger partial charge in [-0.3, -0.25) is 9.59 Å². The topological polar surface area (TPSA) is 125 Å². The Morgan fingerprint density at radius 1 is 1.17 bits per heavy atom. The number of halogens is 1. The molecule has 0 bridgehead atoms. The molecule has 9 heteroatoms. The second-order valence-corrected chi connectivity index (χ2v) is 13.1. The van der Waals surface area contributed by atoms with Crippen molar-refractivity contribution in [1.29, 1.82) is 0 Å². The number of rotatable bonds is 10. The van der Waals surface area contributed by atoms with Crippen LogP contribution in [-0.4, -0.2) is 65.1 Å². The Balaban J connectivity index is 1.41. The number of hydrogen-bond acceptors (Lipinski definition) is 6. The summed E-state index contributed by atoms with van der Waals surface area (Å²) in [5.74, 6) is -2.27. The van der Waals surface area contributed by atoms with E-state index in [-0.39, 0.29) is 31.2 Å². The van der Waals surface area contributed by atoms with Crippen LogP contribution in [0.15, 0.2) is 36.0 Å². The lowest BCUT2D eigenvalue weighted by Gasteiger charge is -2.62. The number of Topliss-reactive ketones (excluding diaryl/α,β-unsaturated/α-hetero) is 1. The number of unbranched alkanes of at least 4 members (excludes halogenated alkanes) is 2. The number of aliphatic hydroxyl groups is 2. The summed E-state index contributed by atoms with van der Waals surface area (Å²) < 4.78 is 22.5. The van der Waals surface area contributed by atoms with Crippen molar-refractivity contribution in [2.24, 2.45) is 28.6 Å². The highest BCUT2D eigenvalue weighted by Gasteiger charge is 2.75. The maximum absolute atomic E-state index is 17.3. The first kappa shape index (κ1) is 31.4. The Labute approximate surface area is 242 Å². The standard InChI is InChI=1S/C32H47FN2O6/c1-6-7-8-14-34-27(38)12-15-35-28(39)41-19-26(37)32(40)21(3)17-24-23-10-9-22-16-20(2)11-13-29(22,4)31(23,33)25(36)18-30(24,32)5/h11,13,16,21,23-25,36,40H,2,6-10,12,14-15,17-19H2,1,3-5H3,(H,34,38)(H,35,39)/t21-,23+,24+,25+,29+,30+,31+,32+/m0/s1. The lowest BCUT2D eigenvalue weighted by atomic mass is 9.44. The Morgan fingerprint density at radius 2 is 1.90 bits per heavy atom. The van der Waals surface area contributed by atoms with E-state index in [9.17, 15) is 24.6 Å². The second kappa shape index (κ2) is 11.6. The highest BCUT2D eigenvalue weighted by molar-refractivity contribution is 5.91. The fourth-order valence-electron chi connectivity index (χ4n) is 8.48. The van der Waals surface area contributed by atoms with Gasteiger partial charge in [-0.15, -0.1) is 0 Å². The number of amides is 2. The highest BCUT2D eigenvalue weighted by atomic mass is 19.1. The largest absolute Gasteiger partial charge is 0.441 e. The van der Waals surface area contributed by atoms with Crippen molar-refractivity contribution < 1.29 is 33.7 Å². The number of ketones is 1. The number of hydrogen-bond donors (Lipinski definition) is 4. The molecule has 4 rings (SSSR count). The van der Waals surface area contributed by atoms with E-state index in [1.165, 1.54) is 0 Å². The van der Waals surface area contributed by atoms with E-state index < -0.39 is 58.5 Å². The molecule has 2 amide bonds. The first-order valence-electron chi connectivity index (χ1n) is 15.1. The molecule has 0 aromatic carbocycles. The molecule has 0 unspecified atom stereocenters. The molecule has 0 aromatic rings. The van der Waals surface area contributed by atoms with Crippen LogP contribution in [0.2, 0.25) is 0 Å². The Kier molecular flexibility index (Phi) is 8.91. The van der Waals surface area contributed by atoms with Crippen LogP contribution < -0.4 is 10.6 Å². The first-order chi connectivity index (χ1) is 19.3. The van der Waals surface area contributed by atoms with Crippen LogP contribution in [0.4, 0.5) is 9.18 Å². The number of fused-ring (bicyclic) bond motifs is 5. The van der Waals surface area contributed by atoms with Gasteiger partial charge in [0.05, 0.1) is 6.10 Å². The lowest BCUT2D eigenvalue weighted by Crippen LogP contribution is -2.69. The van der Waals surface area contributed by atoms with Gasteiger partial charge >= 0.3 is 6.09 Å². The number of allylic oxidation sites excluding steroid dienone is 5. The molecule has 41 heavy (non-hydrogen) atoms. The van der Waals surface area contributed by atoms with E-state index in [1.54, 1.807) is 19.9 Å². The van der Waals surface area contributed by atoms with Crippen molar-refractivity contribution in [3.05, 3.63) is 36.0 Å². The van der Waals surface area contributed by atoms with Gasteiger partial charge in [-0.2, -0.15) is 0 Å². The van der Waals surface area contributed by atoms with Gasteiger partial charge in [-0.25, -0.2) is 9.18 Å². The quantitative estimate of drug-likeness (QED) is 0.288. The van der Waals surface area contributed by atoms with Crippen molar-refractivity contribution in [1.82, 2.24) is 10.6 Å². The van der Waals surface area contributed by atoms with Gasteiger partial charge in [0.1, 0.15) is 5.60 Å². The van der Waals surface area contributed by atoms with Gasteiger partial charge in [0, 0.05) is 36.3 Å². The summed E-state index contributed by atoms with van der Waals surface area (Å²) in [7, 11) is 0. The monoisotopic (exact) mass is 574 g/mol. The zero-order chi connectivity index (χ0) is 30.2. The van der Waals surface area contributed by atoms with Gasteiger partial charge in [0.25, 0.3) is 0 Å². The molecule has 4 aliphatic carbocycles. The van der Waals surface area contributed by atoms with E-state index in [1.807, 2.05) is 19.1 Å². The molecule has 228 valence electrons. The van der Waals surface area contributed by atoms with Crippen molar-refractivity contribution in [2.75, 3.05) is 19.7 Å². The molecule has 0 heterocycles. The summed E-state index contributed by atoms with van der Waals surface area (Å²) in [5.41, 5.74) is -4.23. The van der Waals surface area contributed by atoms with E-state index in [0.717, 1.165) is 30.4 Å². The van der Waals surface area contributed by atoms with Gasteiger partial charge in [0.15, 0.2) is 12.3 Å². The molecule has 0 radical (unpaired) electrons. The summed E-state index contributed by atoms with van der Waals surface area (Å²) in [6.07, 6.45) is 7.82. The minimum atomic E-state index is -1.95. The summed E-state index contributed by atoms with van der Waals surface area (Å²) in [4.78, 5) is 37.7. The molecule has 0 spiro atoms. The van der Waals surface area contributed by atoms with E-state index >= 15 is 4.39 Å². The van der Waals surface area contributed by atoms with Crippen molar-refractivity contribution in [3.8, 4) is 0 Å². The maximum Gasteiger partial charge on any atom is 0.407 e. The molecular formula is C32H47FN2O6. The zero-order valence-corrected chi connectivity index (χ0v) is 24.9. The third kappa shape index (κ3) is 5.07. The Hall–Kier alpha value is -2.52. The van der Waals surface area contributed by atoms with Gasteiger partial charge in [-0.1, -0.05) is 64.0 Å². The minimum Gasteiger partial charge on any atom is -0.441 e. The predicted octanol–water partition coefficient (Wildman–Crippen LogP) is 4.31. The smallest absolute Gasteiger partial charge is 0.407 e. The molecule has 0 saturated heterocycles. The average molecular weight is 575 g/mol. The SMILES string of the molecule is C=C1C=C[C@]2(C)C(=C1)CC[C@@H]1[C@H]3C[C@H](C)[C@@](O)(C(=O)COC(=O)NCCC(=O)NCCCCC)[C@]3(C)C[C@@H](O)[C@]12F. The minimum absolute atomic E-state index is 0.0521. The fraction of sp³-hybridized carbons (Fsp3) is 0.719. The number of aliphatic hydroxyl groups excluding tert-OH is 1. The van der Waals surface area contributed by atoms with Crippen LogP contribution in [-0.2, 0) is 14.3 Å². The molecule has 3 saturated carbocycles. The molecule has 4 aliphatic rings. The molecule has 8 atom stereocenters. The normalized spacial score (nSPS) is 39.2. The van der Waals surface area contributed by atoms with Crippen LogP contribution in [0, 0.1) is 28.6 Å². The number of carbonyl (C=O) groups excluding carboxylic acids is 3. The maximum atomic E-state index is 17.3. The Morgan fingerprint density at radius 3 is 2.61 bits per heavy atom. The van der Waals surface area contributed by atoms with E-state index in [0.29, 0.717) is 25.8 Å². The third-order valence-electron chi connectivity index (χ3n) is 10.8. The van der Waals surface area contributed by atoms with Crippen molar-refractivity contribution in [3.63, 3.8) is 0 Å². The molecule has 3 fully saturated rings. The molecule has 8 nitrogen and oxygen atoms in total. The summed E-state index contributed by atoms with van der Waals surface area (Å²) in [6, 6.07) is 0. The third-order valence-corrected chi connectivity index (χ3v) is 10.8. The lowest BCUT2D eigenvalue weighted by molar-refractivity contribution is -0.219. The van der Waals surface area contributed by atoms with Crippen LogP contribution in [0.3, 0.4) is 0 Å². The summed E-state index contributed by atoms with van der Waals surface area (Å²) in [6.45, 7) is 11.4. The van der Waals surface area contributed by atoms with Crippen LogP contribution in [0.5, 0.6) is 0 Å². The first-order valence-corrected chi connectivity index (χ1v) is 15.1. The van der Waals surface area contributed by atoms with Gasteiger partial charge < -0.3 is 25.6 Å². The number of alkyl halides is 1. The molecule has 0 aromatic heterocycles. The number of nitrogens with one attached hydrogen (secondary N) is 2. The van der Waals surface area contributed by atoms with Crippen LogP contribution in [0.25, 0.3) is 0 Å². The van der Waals surface area contributed by atoms with E-state index in [4.69, 9.17) is 4.74 Å². The van der Waals surface area contributed by atoms with Gasteiger partial charge in [-0.05, 0) is 56.4 Å². The highest BCUT2D eigenvalue weighted by Crippen LogP contribution is 2.70. The molecule has 4 N–H and O–H groups in total.